The Morgan fingerprint density at radius 2 is 2.33 bits per heavy atom. The Hall–Kier alpha value is -1.46. The second-order valence-electron chi connectivity index (χ2n) is 3.31. The molecule has 0 spiro atoms. The number of nitriles is 1. The van der Waals surface area contributed by atoms with Gasteiger partial charge in [0.2, 0.25) is 0 Å². The van der Waals surface area contributed by atoms with Crippen LogP contribution in [0.2, 0.25) is 5.02 Å². The molecule has 0 N–H and O–H groups in total. The highest BCUT2D eigenvalue weighted by molar-refractivity contribution is 6.31. The van der Waals surface area contributed by atoms with E-state index in [1.165, 1.54) is 0 Å². The van der Waals surface area contributed by atoms with Crippen LogP contribution < -0.4 is 4.74 Å². The highest BCUT2D eigenvalue weighted by Gasteiger charge is 2.01. The van der Waals surface area contributed by atoms with Gasteiger partial charge in [0.05, 0.1) is 17.2 Å². The van der Waals surface area contributed by atoms with Crippen LogP contribution in [-0.2, 0) is 0 Å². The Balaban J connectivity index is 2.60. The summed E-state index contributed by atoms with van der Waals surface area (Å²) in [5.74, 6) is 0.681. The van der Waals surface area contributed by atoms with Crippen LogP contribution in [0.25, 0.3) is 0 Å². The van der Waals surface area contributed by atoms with Crippen LogP contribution in [0.4, 0.5) is 0 Å². The number of ether oxygens (including phenoxy) is 1. The predicted octanol–water partition coefficient (Wildman–Crippen LogP) is 3.56. The lowest BCUT2D eigenvalue weighted by molar-refractivity contribution is 0.322. The molecule has 0 amide bonds. The van der Waals surface area contributed by atoms with Crippen LogP contribution in [0.1, 0.15) is 18.9 Å². The fourth-order valence-corrected chi connectivity index (χ4v) is 1.23. The fraction of sp³-hybridized carbons (Fsp3) is 0.250. The van der Waals surface area contributed by atoms with Gasteiger partial charge in [-0.1, -0.05) is 17.2 Å². The Morgan fingerprint density at radius 1 is 1.60 bits per heavy atom. The normalized spacial score (nSPS) is 9.40. The third-order valence-electron chi connectivity index (χ3n) is 1.86. The largest absolute Gasteiger partial charge is 0.493 e. The molecule has 0 unspecified atom stereocenters. The van der Waals surface area contributed by atoms with Crippen molar-refractivity contribution in [2.45, 2.75) is 13.3 Å². The van der Waals surface area contributed by atoms with Gasteiger partial charge in [0.15, 0.2) is 0 Å². The maximum atomic E-state index is 8.67. The van der Waals surface area contributed by atoms with Crippen molar-refractivity contribution in [3.8, 4) is 11.8 Å². The highest BCUT2D eigenvalue weighted by Crippen LogP contribution is 2.22. The van der Waals surface area contributed by atoms with E-state index < -0.39 is 0 Å². The molecule has 1 aromatic rings. The van der Waals surface area contributed by atoms with Gasteiger partial charge in [-0.15, -0.1) is 6.58 Å². The maximum absolute atomic E-state index is 8.67. The lowest BCUT2D eigenvalue weighted by Gasteiger charge is -2.06. The molecule has 0 radical (unpaired) electrons. The molecule has 0 atom stereocenters. The van der Waals surface area contributed by atoms with E-state index in [0.29, 0.717) is 22.9 Å². The fourth-order valence-electron chi connectivity index (χ4n) is 1.02. The van der Waals surface area contributed by atoms with Crippen LogP contribution in [0.15, 0.2) is 30.4 Å². The first-order chi connectivity index (χ1) is 7.13. The minimum atomic E-state index is 0.422. The van der Waals surface area contributed by atoms with Crippen molar-refractivity contribution in [1.82, 2.24) is 0 Å². The van der Waals surface area contributed by atoms with Crippen molar-refractivity contribution < 1.29 is 4.74 Å². The molecular formula is C12H12ClNO. The monoisotopic (exact) mass is 221 g/mol. The number of rotatable bonds is 4. The van der Waals surface area contributed by atoms with Gasteiger partial charge < -0.3 is 4.74 Å². The molecule has 15 heavy (non-hydrogen) atoms. The van der Waals surface area contributed by atoms with Gasteiger partial charge in [-0.25, -0.2) is 0 Å². The first-order valence-corrected chi connectivity index (χ1v) is 4.98. The Kier molecular flexibility index (Phi) is 4.20. The van der Waals surface area contributed by atoms with Crippen LogP contribution in [-0.4, -0.2) is 6.61 Å². The quantitative estimate of drug-likeness (QED) is 0.729. The number of hydrogen-bond acceptors (Lipinski definition) is 2. The van der Waals surface area contributed by atoms with Crippen molar-refractivity contribution in [3.63, 3.8) is 0 Å². The predicted molar refractivity (Wildman–Crippen MR) is 61.1 cm³/mol. The highest BCUT2D eigenvalue weighted by atomic mass is 35.5. The van der Waals surface area contributed by atoms with E-state index >= 15 is 0 Å². The Labute approximate surface area is 94.7 Å². The van der Waals surface area contributed by atoms with Crippen LogP contribution in [0.3, 0.4) is 0 Å². The molecule has 0 aromatic heterocycles. The molecule has 1 aromatic carbocycles. The van der Waals surface area contributed by atoms with Crippen LogP contribution in [0, 0.1) is 11.3 Å². The summed E-state index contributed by atoms with van der Waals surface area (Å²) in [5, 5.41) is 9.09. The summed E-state index contributed by atoms with van der Waals surface area (Å²) in [6.07, 6.45) is 0.817. The molecule has 0 heterocycles. The topological polar surface area (TPSA) is 33.0 Å². The molecular weight excluding hydrogens is 210 g/mol. The summed E-state index contributed by atoms with van der Waals surface area (Å²) < 4.78 is 5.44. The Bertz CT molecular complexity index is 407. The molecule has 78 valence electrons. The minimum Gasteiger partial charge on any atom is -0.493 e. The standard InChI is InChI=1S/C12H12ClNO/c1-9(2)5-6-15-11-4-3-10(8-14)12(13)7-11/h3-4,7H,1,5-6H2,2H3. The molecule has 3 heteroatoms. The second kappa shape index (κ2) is 5.43. The molecule has 0 fully saturated rings. The van der Waals surface area contributed by atoms with Gasteiger partial charge in [-0.3, -0.25) is 0 Å². The van der Waals surface area contributed by atoms with Gasteiger partial charge in [-0.05, 0) is 19.1 Å². The first-order valence-electron chi connectivity index (χ1n) is 4.60. The van der Waals surface area contributed by atoms with Crippen molar-refractivity contribution >= 4 is 11.6 Å². The average molecular weight is 222 g/mol. The third-order valence-corrected chi connectivity index (χ3v) is 2.17. The number of benzene rings is 1. The van der Waals surface area contributed by atoms with Crippen molar-refractivity contribution in [2.24, 2.45) is 0 Å². The summed E-state index contributed by atoms with van der Waals surface area (Å²) in [5.41, 5.74) is 1.54. The van der Waals surface area contributed by atoms with E-state index in [0.717, 1.165) is 12.0 Å². The maximum Gasteiger partial charge on any atom is 0.120 e. The molecule has 0 saturated heterocycles. The van der Waals surface area contributed by atoms with E-state index in [-0.39, 0.29) is 0 Å². The Morgan fingerprint density at radius 3 is 2.87 bits per heavy atom. The molecule has 2 nitrogen and oxygen atoms in total. The summed E-state index contributed by atoms with van der Waals surface area (Å²) in [7, 11) is 0. The van der Waals surface area contributed by atoms with Gasteiger partial charge in [0.1, 0.15) is 11.8 Å². The first kappa shape index (κ1) is 11.6. The lowest BCUT2D eigenvalue weighted by atomic mass is 10.2. The summed E-state index contributed by atoms with van der Waals surface area (Å²) in [6, 6.07) is 7.04. The van der Waals surface area contributed by atoms with Crippen LogP contribution in [0.5, 0.6) is 5.75 Å². The molecule has 0 bridgehead atoms. The van der Waals surface area contributed by atoms with E-state index in [1.54, 1.807) is 18.2 Å². The molecule has 0 saturated carbocycles. The van der Waals surface area contributed by atoms with Crippen LogP contribution >= 0.6 is 11.6 Å². The van der Waals surface area contributed by atoms with E-state index in [9.17, 15) is 0 Å². The van der Waals surface area contributed by atoms with Gasteiger partial charge in [0, 0.05) is 12.5 Å². The third kappa shape index (κ3) is 3.65. The molecule has 1 rings (SSSR count). The lowest BCUT2D eigenvalue weighted by Crippen LogP contribution is -1.97. The van der Waals surface area contributed by atoms with E-state index in [2.05, 4.69) is 6.58 Å². The van der Waals surface area contributed by atoms with Crippen molar-refractivity contribution in [1.29, 1.82) is 5.26 Å². The molecule has 0 aliphatic heterocycles. The van der Waals surface area contributed by atoms with E-state index in [1.807, 2.05) is 13.0 Å². The van der Waals surface area contributed by atoms with Gasteiger partial charge in [-0.2, -0.15) is 5.26 Å². The average Bonchev–Trinajstić information content (AvgIpc) is 2.17. The number of nitrogens with zero attached hydrogens (tertiary/aromatic N) is 1. The zero-order chi connectivity index (χ0) is 11.3. The number of hydrogen-bond donors (Lipinski definition) is 0. The van der Waals surface area contributed by atoms with Gasteiger partial charge >= 0.3 is 0 Å². The smallest absolute Gasteiger partial charge is 0.120 e. The summed E-state index contributed by atoms with van der Waals surface area (Å²) in [6.45, 7) is 6.32. The molecule has 0 aliphatic carbocycles. The van der Waals surface area contributed by atoms with E-state index in [4.69, 9.17) is 21.6 Å². The second-order valence-corrected chi connectivity index (χ2v) is 3.72. The summed E-state index contributed by atoms with van der Waals surface area (Å²) in [4.78, 5) is 0. The van der Waals surface area contributed by atoms with Crippen molar-refractivity contribution in [2.75, 3.05) is 6.61 Å². The molecule has 0 aliphatic rings. The van der Waals surface area contributed by atoms with Gasteiger partial charge in [0.25, 0.3) is 0 Å². The van der Waals surface area contributed by atoms with Crippen molar-refractivity contribution in [3.05, 3.63) is 40.9 Å². The number of halogens is 1. The summed E-state index contributed by atoms with van der Waals surface area (Å²) >= 11 is 5.85. The zero-order valence-corrected chi connectivity index (χ0v) is 9.34. The minimum absolute atomic E-state index is 0.422. The zero-order valence-electron chi connectivity index (χ0n) is 8.59. The SMILES string of the molecule is C=C(C)CCOc1ccc(C#N)c(Cl)c1.